The molecule has 3 heterocycles. The molecular weight excluding hydrogens is 671 g/mol. The lowest BCUT2D eigenvalue weighted by Crippen LogP contribution is -2.36. The topological polar surface area (TPSA) is 132 Å². The van der Waals surface area contributed by atoms with Crippen LogP contribution in [0.1, 0.15) is 52.6 Å². The second-order valence-electron chi connectivity index (χ2n) is 11.4. The first-order chi connectivity index (χ1) is 23.5. The lowest BCUT2D eigenvalue weighted by molar-refractivity contribution is -0.142. The van der Waals surface area contributed by atoms with E-state index in [2.05, 4.69) is 27.2 Å². The molecule has 1 aliphatic rings. The lowest BCUT2D eigenvalue weighted by Gasteiger charge is -2.24. The Morgan fingerprint density at radius 3 is 2.40 bits per heavy atom. The highest BCUT2D eigenvalue weighted by Gasteiger charge is 2.55. The zero-order chi connectivity index (χ0) is 36.7. The minimum Gasteiger partial charge on any atom is -0.351 e. The minimum atomic E-state index is -5.14. The van der Waals surface area contributed by atoms with Crippen LogP contribution in [0.3, 0.4) is 0 Å². The van der Waals surface area contributed by atoms with Gasteiger partial charge in [-0.15, -0.1) is 6.42 Å². The molecule has 1 aliphatic carbocycles. The first kappa shape index (κ1) is 35.4. The van der Waals surface area contributed by atoms with Gasteiger partial charge in [-0.1, -0.05) is 11.8 Å². The number of primary amides is 1. The van der Waals surface area contributed by atoms with E-state index in [1.165, 1.54) is 38.1 Å². The van der Waals surface area contributed by atoms with Crippen LogP contribution in [-0.4, -0.2) is 31.3 Å². The molecule has 2 atom stereocenters. The number of hydrogen-bond acceptors (Lipinski definition) is 5. The van der Waals surface area contributed by atoms with Gasteiger partial charge in [0.2, 0.25) is 5.91 Å². The monoisotopic (exact) mass is 697 g/mol. The Balaban J connectivity index is 1.65. The van der Waals surface area contributed by atoms with Crippen LogP contribution < -0.4 is 16.5 Å². The molecule has 2 amide bonds. The molecule has 3 aromatic heterocycles. The predicted molar refractivity (Wildman–Crippen MR) is 164 cm³/mol. The Kier molecular flexibility index (Phi) is 9.34. The van der Waals surface area contributed by atoms with E-state index in [0.29, 0.717) is 11.6 Å². The number of terminal acetylenes is 1. The van der Waals surface area contributed by atoms with Crippen LogP contribution in [0.2, 0.25) is 0 Å². The molecule has 258 valence electrons. The number of carbonyl (C=O) groups is 2. The number of nitrogens with one attached hydrogen (secondary N) is 2. The Morgan fingerprint density at radius 2 is 1.80 bits per heavy atom. The molecule has 0 saturated carbocycles. The number of nitrogens with zero attached hydrogens (tertiary/aromatic N) is 4. The molecule has 4 aromatic rings. The highest BCUT2D eigenvalue weighted by molar-refractivity contribution is 5.80. The quantitative estimate of drug-likeness (QED) is 0.183. The first-order valence-electron chi connectivity index (χ1n) is 14.7. The molecule has 1 aromatic carbocycles. The van der Waals surface area contributed by atoms with E-state index in [1.54, 1.807) is 0 Å². The van der Waals surface area contributed by atoms with Gasteiger partial charge in [-0.2, -0.15) is 27.1 Å². The van der Waals surface area contributed by atoms with Gasteiger partial charge in [0.1, 0.15) is 35.1 Å². The molecule has 5 rings (SSSR count). The van der Waals surface area contributed by atoms with Crippen LogP contribution in [0.4, 0.5) is 35.5 Å². The van der Waals surface area contributed by atoms with Gasteiger partial charge >= 0.3 is 18.1 Å². The van der Waals surface area contributed by atoms with Gasteiger partial charge in [0.15, 0.2) is 5.69 Å². The SMILES string of the molecule is C#CC1Cc2c(C(F)(F)F)nn(CC(=O)NC(Cc3cc(F)cc(F)c3)c3nc(C#CC)ccc3-c3ccc(=N)n(C(N)=O)c3C)c2C1(F)F. The summed E-state index contributed by atoms with van der Waals surface area (Å²) in [5.74, 6) is -1.64. The van der Waals surface area contributed by atoms with Crippen molar-refractivity contribution in [2.24, 2.45) is 11.7 Å². The lowest BCUT2D eigenvalue weighted by atomic mass is 9.94. The summed E-state index contributed by atoms with van der Waals surface area (Å²) in [6, 6.07) is 6.05. The average Bonchev–Trinajstić information content (AvgIpc) is 3.50. The van der Waals surface area contributed by atoms with Crippen LogP contribution >= 0.6 is 0 Å². The van der Waals surface area contributed by atoms with E-state index in [0.717, 1.165) is 16.7 Å². The second-order valence-corrected chi connectivity index (χ2v) is 11.4. The van der Waals surface area contributed by atoms with Crippen LogP contribution in [-0.2, 0) is 36.3 Å². The Hall–Kier alpha value is -5.90. The number of carbonyl (C=O) groups excluding carboxylic acids is 2. The van der Waals surface area contributed by atoms with Gasteiger partial charge in [-0.3, -0.25) is 19.5 Å². The molecule has 0 radical (unpaired) electrons. The van der Waals surface area contributed by atoms with E-state index in [1.807, 2.05) is 5.92 Å². The minimum absolute atomic E-state index is 0.0134. The Morgan fingerprint density at radius 1 is 1.14 bits per heavy atom. The maximum Gasteiger partial charge on any atom is 0.435 e. The van der Waals surface area contributed by atoms with Crippen molar-refractivity contribution >= 4 is 11.9 Å². The number of pyridine rings is 2. The summed E-state index contributed by atoms with van der Waals surface area (Å²) in [5, 5.41) is 14.0. The number of alkyl halides is 5. The molecule has 2 unspecified atom stereocenters. The number of rotatable bonds is 7. The van der Waals surface area contributed by atoms with Crippen LogP contribution in [0, 0.1) is 54.1 Å². The summed E-state index contributed by atoms with van der Waals surface area (Å²) >= 11 is 0. The fourth-order valence-corrected chi connectivity index (χ4v) is 6.02. The number of benzene rings is 1. The fraction of sp³-hybridized carbons (Fsp3) is 0.265. The number of hydrogen-bond donors (Lipinski definition) is 3. The number of fused-ring (bicyclic) bond motifs is 1. The van der Waals surface area contributed by atoms with Crippen molar-refractivity contribution in [1.82, 2.24) is 24.6 Å². The maximum atomic E-state index is 15.3. The van der Waals surface area contributed by atoms with Crippen molar-refractivity contribution < 1.29 is 40.3 Å². The molecular formula is C34H26F7N7O2. The summed E-state index contributed by atoms with van der Waals surface area (Å²) in [6.45, 7) is 1.88. The van der Waals surface area contributed by atoms with Crippen molar-refractivity contribution in [3.05, 3.63) is 99.2 Å². The molecule has 0 bridgehead atoms. The maximum absolute atomic E-state index is 15.3. The second kappa shape index (κ2) is 13.2. The van der Waals surface area contributed by atoms with Crippen LogP contribution in [0.15, 0.2) is 42.5 Å². The van der Waals surface area contributed by atoms with E-state index in [9.17, 15) is 31.5 Å². The third-order valence-corrected chi connectivity index (χ3v) is 8.06. The number of amides is 2. The van der Waals surface area contributed by atoms with E-state index >= 15 is 8.78 Å². The van der Waals surface area contributed by atoms with Crippen molar-refractivity contribution in [2.75, 3.05) is 0 Å². The summed E-state index contributed by atoms with van der Waals surface area (Å²) in [5.41, 5.74) is 2.59. The fourth-order valence-electron chi connectivity index (χ4n) is 6.02. The smallest absolute Gasteiger partial charge is 0.351 e. The molecule has 9 nitrogen and oxygen atoms in total. The summed E-state index contributed by atoms with van der Waals surface area (Å²) in [4.78, 5) is 30.4. The van der Waals surface area contributed by atoms with Gasteiger partial charge < -0.3 is 11.1 Å². The van der Waals surface area contributed by atoms with Gasteiger partial charge in [0.05, 0.1) is 17.7 Å². The number of halogens is 7. The predicted octanol–water partition coefficient (Wildman–Crippen LogP) is 5.13. The Labute approximate surface area is 279 Å². The number of aromatic nitrogens is 4. The standard InChI is InChI=1S/C34H26F7N7O2/c1-4-6-22-7-8-24(23-9-10-27(42)48(17(23)3)32(43)50)29(44-22)26(13-18-11-20(35)15-21(36)12-18)45-28(49)16-47-31-25(30(46-47)34(39,40)41)14-19(5-2)33(31,37)38/h2,7-12,15,19,26,42H,13-14,16H2,1,3H3,(H2,43,50)(H,45,49). The molecule has 4 N–H and O–H groups in total. The van der Waals surface area contributed by atoms with Gasteiger partial charge in [0, 0.05) is 28.5 Å². The van der Waals surface area contributed by atoms with Crippen molar-refractivity contribution in [1.29, 1.82) is 5.41 Å². The van der Waals surface area contributed by atoms with E-state index in [-0.39, 0.29) is 44.8 Å². The summed E-state index contributed by atoms with van der Waals surface area (Å²) < 4.78 is 102. The van der Waals surface area contributed by atoms with Crippen LogP contribution in [0.25, 0.3) is 11.1 Å². The van der Waals surface area contributed by atoms with E-state index < -0.39 is 77.5 Å². The molecule has 50 heavy (non-hydrogen) atoms. The number of nitrogens with two attached hydrogens (primary N) is 1. The summed E-state index contributed by atoms with van der Waals surface area (Å²) in [6.07, 6.45) is -1.12. The van der Waals surface area contributed by atoms with Crippen molar-refractivity contribution in [3.63, 3.8) is 0 Å². The van der Waals surface area contributed by atoms with Crippen LogP contribution in [0.5, 0.6) is 0 Å². The highest BCUT2D eigenvalue weighted by Crippen LogP contribution is 2.49. The zero-order valence-corrected chi connectivity index (χ0v) is 26.2. The summed E-state index contributed by atoms with van der Waals surface area (Å²) in [7, 11) is 0. The third-order valence-electron chi connectivity index (χ3n) is 8.06. The molecule has 0 aliphatic heterocycles. The third kappa shape index (κ3) is 6.69. The first-order valence-corrected chi connectivity index (χ1v) is 14.7. The molecule has 0 spiro atoms. The highest BCUT2D eigenvalue weighted by atomic mass is 19.4. The molecule has 0 saturated heterocycles. The van der Waals surface area contributed by atoms with E-state index in [4.69, 9.17) is 17.6 Å². The van der Waals surface area contributed by atoms with Gasteiger partial charge in [-0.25, -0.2) is 18.6 Å². The largest absolute Gasteiger partial charge is 0.435 e. The van der Waals surface area contributed by atoms with Crippen molar-refractivity contribution in [3.8, 4) is 35.3 Å². The van der Waals surface area contributed by atoms with Gasteiger partial charge in [-0.05, 0) is 74.6 Å². The normalized spacial score (nSPS) is 15.4. The average molecular weight is 698 g/mol. The molecule has 0 fully saturated rings. The van der Waals surface area contributed by atoms with Crippen molar-refractivity contribution in [2.45, 2.75) is 51.4 Å². The zero-order valence-electron chi connectivity index (χ0n) is 26.2. The Bertz CT molecular complexity index is 2180. The van der Waals surface area contributed by atoms with Gasteiger partial charge in [0.25, 0.3) is 0 Å². The molecule has 16 heteroatoms.